The number of amides is 2. The number of rotatable bonds is 8. The van der Waals surface area contributed by atoms with E-state index in [1.807, 2.05) is 38.1 Å². The van der Waals surface area contributed by atoms with Crippen LogP contribution in [0.5, 0.6) is 5.75 Å². The average molecular weight is 360 g/mol. The van der Waals surface area contributed by atoms with Crippen molar-refractivity contribution in [3.63, 3.8) is 0 Å². The fraction of sp³-hybridized carbons (Fsp3) is 0.500. The van der Waals surface area contributed by atoms with E-state index < -0.39 is 12.0 Å². The molecule has 26 heavy (non-hydrogen) atoms. The van der Waals surface area contributed by atoms with Gasteiger partial charge >= 0.3 is 12.0 Å². The largest absolute Gasteiger partial charge is 0.493 e. The molecule has 1 aromatic rings. The predicted molar refractivity (Wildman–Crippen MR) is 99.8 cm³/mol. The summed E-state index contributed by atoms with van der Waals surface area (Å²) in [5.41, 5.74) is 1.64. The van der Waals surface area contributed by atoms with Gasteiger partial charge in [0.1, 0.15) is 5.75 Å². The standard InChI is InChI=1S/C20H28N2O4/c1-5-6-11-25-16-10-8-7-9-15(16)18-17(14(4)21-20(24)22-18)19(23)26-12-13(2)3/h7-10,13,18H,5-6,11-12H2,1-4H3,(H2,21,22,24)/t18-/m0/s1. The Hall–Kier alpha value is -2.50. The van der Waals surface area contributed by atoms with Crippen LogP contribution in [0.25, 0.3) is 0 Å². The fourth-order valence-electron chi connectivity index (χ4n) is 2.69. The van der Waals surface area contributed by atoms with Gasteiger partial charge in [-0.15, -0.1) is 0 Å². The predicted octanol–water partition coefficient (Wildman–Crippen LogP) is 3.69. The summed E-state index contributed by atoms with van der Waals surface area (Å²) in [5, 5.41) is 5.48. The van der Waals surface area contributed by atoms with Crippen LogP contribution in [0.2, 0.25) is 0 Å². The van der Waals surface area contributed by atoms with Crippen LogP contribution >= 0.6 is 0 Å². The molecule has 0 saturated carbocycles. The molecule has 0 radical (unpaired) electrons. The smallest absolute Gasteiger partial charge is 0.338 e. The summed E-state index contributed by atoms with van der Waals surface area (Å²) in [5.74, 6) is 0.460. The second kappa shape index (κ2) is 9.27. The second-order valence-electron chi connectivity index (χ2n) is 6.80. The van der Waals surface area contributed by atoms with E-state index in [4.69, 9.17) is 9.47 Å². The Morgan fingerprint density at radius 1 is 1.27 bits per heavy atom. The first kappa shape index (κ1) is 19.8. The Kier molecular flexibility index (Phi) is 7.06. The van der Waals surface area contributed by atoms with E-state index in [9.17, 15) is 9.59 Å². The first-order valence-electron chi connectivity index (χ1n) is 9.11. The van der Waals surface area contributed by atoms with E-state index in [1.54, 1.807) is 6.92 Å². The third-order valence-corrected chi connectivity index (χ3v) is 4.02. The number of esters is 1. The van der Waals surface area contributed by atoms with Gasteiger partial charge < -0.3 is 20.1 Å². The van der Waals surface area contributed by atoms with Crippen molar-refractivity contribution in [2.24, 2.45) is 5.92 Å². The van der Waals surface area contributed by atoms with Crippen molar-refractivity contribution in [3.05, 3.63) is 41.1 Å². The van der Waals surface area contributed by atoms with Crippen LogP contribution < -0.4 is 15.4 Å². The number of carbonyl (C=O) groups excluding carboxylic acids is 2. The van der Waals surface area contributed by atoms with Crippen LogP contribution in [0.3, 0.4) is 0 Å². The molecule has 1 atom stereocenters. The molecule has 6 heteroatoms. The molecular formula is C20H28N2O4. The van der Waals surface area contributed by atoms with E-state index in [1.165, 1.54) is 0 Å². The van der Waals surface area contributed by atoms with Crippen LogP contribution in [0.4, 0.5) is 4.79 Å². The van der Waals surface area contributed by atoms with Crippen molar-refractivity contribution in [2.45, 2.75) is 46.6 Å². The number of unbranched alkanes of at least 4 members (excludes halogenated alkanes) is 1. The Bertz CT molecular complexity index is 682. The normalized spacial score (nSPS) is 17.0. The van der Waals surface area contributed by atoms with Gasteiger partial charge in [0.25, 0.3) is 0 Å². The number of urea groups is 1. The van der Waals surface area contributed by atoms with Gasteiger partial charge in [-0.3, -0.25) is 0 Å². The maximum atomic E-state index is 12.7. The summed E-state index contributed by atoms with van der Waals surface area (Å²) >= 11 is 0. The molecule has 1 aliphatic rings. The zero-order chi connectivity index (χ0) is 19.1. The van der Waals surface area contributed by atoms with E-state index >= 15 is 0 Å². The van der Waals surface area contributed by atoms with Crippen LogP contribution in [0.1, 0.15) is 52.1 Å². The molecule has 2 rings (SSSR count). The molecule has 0 aliphatic carbocycles. The quantitative estimate of drug-likeness (QED) is 0.547. The molecular weight excluding hydrogens is 332 g/mol. The van der Waals surface area contributed by atoms with Gasteiger partial charge in [0.05, 0.1) is 24.8 Å². The Balaban J connectivity index is 2.34. The van der Waals surface area contributed by atoms with Crippen molar-refractivity contribution in [3.8, 4) is 5.75 Å². The molecule has 0 unspecified atom stereocenters. The number of hydrogen-bond acceptors (Lipinski definition) is 4. The zero-order valence-corrected chi connectivity index (χ0v) is 15.9. The highest BCUT2D eigenvalue weighted by atomic mass is 16.5. The molecule has 6 nitrogen and oxygen atoms in total. The van der Waals surface area contributed by atoms with E-state index in [0.29, 0.717) is 30.2 Å². The number of ether oxygens (including phenoxy) is 2. The summed E-state index contributed by atoms with van der Waals surface area (Å²) in [7, 11) is 0. The minimum atomic E-state index is -0.610. The lowest BCUT2D eigenvalue weighted by molar-refractivity contribution is -0.140. The molecule has 2 N–H and O–H groups in total. The van der Waals surface area contributed by atoms with Gasteiger partial charge in [-0.25, -0.2) is 9.59 Å². The molecule has 0 fully saturated rings. The lowest BCUT2D eigenvalue weighted by atomic mass is 9.95. The molecule has 0 saturated heterocycles. The van der Waals surface area contributed by atoms with E-state index in [2.05, 4.69) is 17.6 Å². The lowest BCUT2D eigenvalue weighted by Gasteiger charge is -2.29. The topological polar surface area (TPSA) is 76.7 Å². The van der Waals surface area contributed by atoms with Crippen molar-refractivity contribution >= 4 is 12.0 Å². The molecule has 142 valence electrons. The molecule has 1 aromatic carbocycles. The first-order valence-corrected chi connectivity index (χ1v) is 9.11. The van der Waals surface area contributed by atoms with Gasteiger partial charge in [0.15, 0.2) is 0 Å². The first-order chi connectivity index (χ1) is 12.4. The van der Waals surface area contributed by atoms with Gasteiger partial charge in [-0.2, -0.15) is 0 Å². The zero-order valence-electron chi connectivity index (χ0n) is 15.9. The minimum absolute atomic E-state index is 0.231. The SMILES string of the molecule is CCCCOc1ccccc1[C@@H]1NC(=O)NC(C)=C1C(=O)OCC(C)C. The van der Waals surface area contributed by atoms with Crippen LogP contribution in [-0.2, 0) is 9.53 Å². The highest BCUT2D eigenvalue weighted by Crippen LogP contribution is 2.33. The number of benzene rings is 1. The molecule has 0 bridgehead atoms. The molecule has 1 aliphatic heterocycles. The monoisotopic (exact) mass is 360 g/mol. The van der Waals surface area contributed by atoms with Gasteiger partial charge in [-0.05, 0) is 25.3 Å². The number of hydrogen-bond donors (Lipinski definition) is 2. The molecule has 2 amide bonds. The van der Waals surface area contributed by atoms with Gasteiger partial charge in [-0.1, -0.05) is 45.4 Å². The summed E-state index contributed by atoms with van der Waals surface area (Å²) < 4.78 is 11.3. The fourth-order valence-corrected chi connectivity index (χ4v) is 2.69. The Morgan fingerprint density at radius 3 is 2.69 bits per heavy atom. The number of carbonyl (C=O) groups is 2. The number of nitrogens with one attached hydrogen (secondary N) is 2. The third-order valence-electron chi connectivity index (χ3n) is 4.02. The molecule has 1 heterocycles. The highest BCUT2D eigenvalue weighted by Gasteiger charge is 2.33. The Labute approximate surface area is 154 Å². The number of para-hydroxylation sites is 1. The number of allylic oxidation sites excluding steroid dienone is 1. The second-order valence-corrected chi connectivity index (χ2v) is 6.80. The van der Waals surface area contributed by atoms with Crippen molar-refractivity contribution in [1.29, 1.82) is 0 Å². The van der Waals surface area contributed by atoms with Crippen molar-refractivity contribution in [2.75, 3.05) is 13.2 Å². The van der Waals surface area contributed by atoms with Crippen LogP contribution in [-0.4, -0.2) is 25.2 Å². The summed E-state index contributed by atoms with van der Waals surface area (Å²) in [4.78, 5) is 24.7. The van der Waals surface area contributed by atoms with E-state index in [0.717, 1.165) is 18.4 Å². The summed E-state index contributed by atoms with van der Waals surface area (Å²) in [6, 6.07) is 6.49. The highest BCUT2D eigenvalue weighted by molar-refractivity contribution is 5.95. The third kappa shape index (κ3) is 5.00. The van der Waals surface area contributed by atoms with Gasteiger partial charge in [0.2, 0.25) is 0 Å². The van der Waals surface area contributed by atoms with Crippen LogP contribution in [0, 0.1) is 5.92 Å². The maximum absolute atomic E-state index is 12.7. The molecule has 0 spiro atoms. The Morgan fingerprint density at radius 2 is 2.00 bits per heavy atom. The molecule has 0 aromatic heterocycles. The van der Waals surface area contributed by atoms with Crippen molar-refractivity contribution in [1.82, 2.24) is 10.6 Å². The summed E-state index contributed by atoms with van der Waals surface area (Å²) in [6.45, 7) is 8.66. The lowest BCUT2D eigenvalue weighted by Crippen LogP contribution is -2.45. The van der Waals surface area contributed by atoms with Gasteiger partial charge in [0, 0.05) is 11.3 Å². The summed E-state index contributed by atoms with van der Waals surface area (Å²) in [6.07, 6.45) is 1.96. The average Bonchev–Trinajstić information content (AvgIpc) is 2.59. The van der Waals surface area contributed by atoms with Crippen LogP contribution in [0.15, 0.2) is 35.5 Å². The minimum Gasteiger partial charge on any atom is -0.493 e. The maximum Gasteiger partial charge on any atom is 0.338 e. The van der Waals surface area contributed by atoms with Crippen molar-refractivity contribution < 1.29 is 19.1 Å². The van der Waals surface area contributed by atoms with E-state index in [-0.39, 0.29) is 11.9 Å².